The van der Waals surface area contributed by atoms with Gasteiger partial charge in [-0.2, -0.15) is 0 Å². The van der Waals surface area contributed by atoms with Gasteiger partial charge in [0, 0.05) is 19.4 Å². The van der Waals surface area contributed by atoms with Gasteiger partial charge in [-0.25, -0.2) is 0 Å². The van der Waals surface area contributed by atoms with Crippen molar-refractivity contribution in [2.24, 2.45) is 5.41 Å². The van der Waals surface area contributed by atoms with Crippen LogP contribution in [0.15, 0.2) is 0 Å². The Balaban J connectivity index is 3.86. The van der Waals surface area contributed by atoms with E-state index >= 15 is 0 Å². The summed E-state index contributed by atoms with van der Waals surface area (Å²) in [4.78, 5) is 22.4. The Kier molecular flexibility index (Phi) is 7.99. The predicted molar refractivity (Wildman–Crippen MR) is 68.2 cm³/mol. The van der Waals surface area contributed by atoms with Gasteiger partial charge >= 0.3 is 5.97 Å². The Morgan fingerprint density at radius 1 is 1.47 bits per heavy atom. The van der Waals surface area contributed by atoms with Crippen molar-refractivity contribution in [2.75, 3.05) is 31.8 Å². The van der Waals surface area contributed by atoms with Gasteiger partial charge in [0.1, 0.15) is 0 Å². The van der Waals surface area contributed by atoms with Crippen molar-refractivity contribution < 1.29 is 19.4 Å². The molecule has 0 spiro atoms. The third kappa shape index (κ3) is 6.53. The lowest BCUT2D eigenvalue weighted by molar-refractivity contribution is -0.148. The second kappa shape index (κ2) is 8.36. The largest absolute Gasteiger partial charge is 0.481 e. The number of aliphatic carboxylic acids is 1. The first-order valence-electron chi connectivity index (χ1n) is 5.53. The molecule has 1 amide bonds. The summed E-state index contributed by atoms with van der Waals surface area (Å²) in [5.74, 6) is 0.0794. The van der Waals surface area contributed by atoms with Crippen molar-refractivity contribution in [3.8, 4) is 0 Å². The first-order valence-corrected chi connectivity index (χ1v) is 6.68. The highest BCUT2D eigenvalue weighted by Gasteiger charge is 2.31. The number of carboxylic acids is 1. The van der Waals surface area contributed by atoms with E-state index in [1.807, 2.05) is 0 Å². The lowest BCUT2D eigenvalue weighted by Gasteiger charge is -2.23. The molecule has 0 heterocycles. The summed E-state index contributed by atoms with van der Waals surface area (Å²) in [5.41, 5.74) is -0.882. The Labute approximate surface area is 106 Å². The van der Waals surface area contributed by atoms with Crippen LogP contribution in [0.4, 0.5) is 0 Å². The Bertz CT molecular complexity index is 260. The number of methoxy groups -OCH3 is 1. The van der Waals surface area contributed by atoms with Gasteiger partial charge in [-0.15, -0.1) is 11.8 Å². The van der Waals surface area contributed by atoms with E-state index in [4.69, 9.17) is 9.84 Å². The molecule has 0 fully saturated rings. The normalized spacial score (nSPS) is 14.1. The molecule has 0 radical (unpaired) electrons. The maximum absolute atomic E-state index is 11.4. The third-order valence-electron chi connectivity index (χ3n) is 2.64. The van der Waals surface area contributed by atoms with E-state index in [0.29, 0.717) is 18.8 Å². The van der Waals surface area contributed by atoms with E-state index in [9.17, 15) is 9.59 Å². The third-order valence-corrected chi connectivity index (χ3v) is 3.56. The van der Waals surface area contributed by atoms with Crippen LogP contribution in [0.5, 0.6) is 0 Å². The van der Waals surface area contributed by atoms with Crippen LogP contribution in [0, 0.1) is 5.41 Å². The van der Waals surface area contributed by atoms with Crippen molar-refractivity contribution in [2.45, 2.75) is 20.3 Å². The maximum Gasteiger partial charge on any atom is 0.311 e. The summed E-state index contributed by atoms with van der Waals surface area (Å²) in [7, 11) is 1.61. The van der Waals surface area contributed by atoms with Gasteiger partial charge in [-0.3, -0.25) is 9.59 Å². The van der Waals surface area contributed by atoms with Crippen molar-refractivity contribution >= 4 is 23.6 Å². The van der Waals surface area contributed by atoms with Gasteiger partial charge in [0.05, 0.1) is 17.8 Å². The van der Waals surface area contributed by atoms with Gasteiger partial charge in [0.2, 0.25) is 5.91 Å². The zero-order valence-corrected chi connectivity index (χ0v) is 11.4. The second-order valence-electron chi connectivity index (χ2n) is 4.04. The fourth-order valence-electron chi connectivity index (χ4n) is 1.00. The number of hydrogen-bond donors (Lipinski definition) is 2. The van der Waals surface area contributed by atoms with Gasteiger partial charge in [0.15, 0.2) is 0 Å². The summed E-state index contributed by atoms with van der Waals surface area (Å²) in [6, 6.07) is 0. The Morgan fingerprint density at radius 2 is 2.12 bits per heavy atom. The molecule has 1 unspecified atom stereocenters. The monoisotopic (exact) mass is 263 g/mol. The van der Waals surface area contributed by atoms with Crippen molar-refractivity contribution in [3.63, 3.8) is 0 Å². The van der Waals surface area contributed by atoms with E-state index in [1.165, 1.54) is 11.8 Å². The van der Waals surface area contributed by atoms with Crippen LogP contribution in [0.1, 0.15) is 20.3 Å². The van der Waals surface area contributed by atoms with Crippen LogP contribution < -0.4 is 5.32 Å². The van der Waals surface area contributed by atoms with Crippen molar-refractivity contribution in [1.82, 2.24) is 5.32 Å². The van der Waals surface area contributed by atoms with Crippen LogP contribution in [0.3, 0.4) is 0 Å². The molecule has 0 saturated carbocycles. The molecular formula is C11H21NO4S. The molecule has 6 heteroatoms. The highest BCUT2D eigenvalue weighted by Crippen LogP contribution is 2.19. The molecule has 0 bridgehead atoms. The number of amides is 1. The molecule has 0 aliphatic carbocycles. The number of hydrogen-bond acceptors (Lipinski definition) is 4. The lowest BCUT2D eigenvalue weighted by atomic mass is 9.88. The fraction of sp³-hybridized carbons (Fsp3) is 0.818. The average molecular weight is 263 g/mol. The topological polar surface area (TPSA) is 75.6 Å². The molecule has 5 nitrogen and oxygen atoms in total. The van der Waals surface area contributed by atoms with Gasteiger partial charge in [-0.1, -0.05) is 6.92 Å². The van der Waals surface area contributed by atoms with Crippen molar-refractivity contribution in [1.29, 1.82) is 0 Å². The maximum atomic E-state index is 11.4. The fourth-order valence-corrected chi connectivity index (χ4v) is 1.72. The van der Waals surface area contributed by atoms with Gasteiger partial charge < -0.3 is 15.2 Å². The van der Waals surface area contributed by atoms with E-state index in [0.717, 1.165) is 5.75 Å². The summed E-state index contributed by atoms with van der Waals surface area (Å²) in [6.07, 6.45) is 0.486. The quantitative estimate of drug-likeness (QED) is 0.607. The van der Waals surface area contributed by atoms with E-state index in [-0.39, 0.29) is 12.5 Å². The van der Waals surface area contributed by atoms with E-state index in [2.05, 4.69) is 5.32 Å². The Hall–Kier alpha value is -0.750. The van der Waals surface area contributed by atoms with Gasteiger partial charge in [0.25, 0.3) is 0 Å². The zero-order chi connectivity index (χ0) is 13.3. The minimum Gasteiger partial charge on any atom is -0.481 e. The molecule has 1 atom stereocenters. The molecule has 2 N–H and O–H groups in total. The first-order chi connectivity index (χ1) is 7.96. The van der Waals surface area contributed by atoms with Gasteiger partial charge in [-0.05, 0) is 13.3 Å². The van der Waals surface area contributed by atoms with Crippen molar-refractivity contribution in [3.05, 3.63) is 0 Å². The summed E-state index contributed by atoms with van der Waals surface area (Å²) < 4.78 is 4.86. The average Bonchev–Trinajstić information content (AvgIpc) is 2.31. The van der Waals surface area contributed by atoms with E-state index < -0.39 is 11.4 Å². The lowest BCUT2D eigenvalue weighted by Crippen LogP contribution is -2.41. The highest BCUT2D eigenvalue weighted by atomic mass is 32.2. The summed E-state index contributed by atoms with van der Waals surface area (Å²) in [6.45, 7) is 4.21. The number of rotatable bonds is 9. The zero-order valence-electron chi connectivity index (χ0n) is 10.6. The molecular weight excluding hydrogens is 242 g/mol. The van der Waals surface area contributed by atoms with Crippen LogP contribution in [-0.4, -0.2) is 48.8 Å². The van der Waals surface area contributed by atoms with Crippen LogP contribution in [-0.2, 0) is 14.3 Å². The SMILES string of the molecule is CCC(C)(CNC(=O)CSCCOC)C(=O)O. The first kappa shape index (κ1) is 16.2. The van der Waals surface area contributed by atoms with Crippen LogP contribution >= 0.6 is 11.8 Å². The molecule has 0 aliphatic rings. The number of carbonyl (C=O) groups excluding carboxylic acids is 1. The highest BCUT2D eigenvalue weighted by molar-refractivity contribution is 7.99. The molecule has 0 aromatic carbocycles. The standard InChI is InChI=1S/C11H21NO4S/c1-4-11(2,10(14)15)8-12-9(13)7-17-6-5-16-3/h4-8H2,1-3H3,(H,12,13)(H,14,15). The minimum absolute atomic E-state index is 0.132. The smallest absolute Gasteiger partial charge is 0.311 e. The molecule has 17 heavy (non-hydrogen) atoms. The molecule has 100 valence electrons. The number of carboxylic acid groups (broad SMARTS) is 1. The molecule has 0 saturated heterocycles. The molecule has 0 aliphatic heterocycles. The number of carbonyl (C=O) groups is 2. The Morgan fingerprint density at radius 3 is 2.59 bits per heavy atom. The minimum atomic E-state index is -0.882. The molecule has 0 rings (SSSR count). The van der Waals surface area contributed by atoms with E-state index in [1.54, 1.807) is 21.0 Å². The molecule has 0 aromatic rings. The predicted octanol–water partition coefficient (Wildman–Crippen LogP) is 0.983. The number of thioether (sulfide) groups is 1. The van der Waals surface area contributed by atoms with Crippen LogP contribution in [0.2, 0.25) is 0 Å². The summed E-state index contributed by atoms with van der Waals surface area (Å²) in [5, 5.41) is 11.7. The number of ether oxygens (including phenoxy) is 1. The number of nitrogens with one attached hydrogen (secondary N) is 1. The summed E-state index contributed by atoms with van der Waals surface area (Å²) >= 11 is 1.47. The van der Waals surface area contributed by atoms with Crippen LogP contribution in [0.25, 0.3) is 0 Å². The molecule has 0 aromatic heterocycles. The second-order valence-corrected chi connectivity index (χ2v) is 5.15.